The van der Waals surface area contributed by atoms with Gasteiger partial charge in [0.2, 0.25) is 0 Å². The highest BCUT2D eigenvalue weighted by molar-refractivity contribution is 5.21. The molecule has 1 fully saturated rings. The number of aromatic nitrogens is 2. The van der Waals surface area contributed by atoms with Crippen LogP contribution in [-0.2, 0) is 0 Å². The number of nitrogens with two attached hydrogens (primary N) is 1. The molecule has 0 saturated heterocycles. The minimum atomic E-state index is 0.439. The Morgan fingerprint density at radius 2 is 2.47 bits per heavy atom. The maximum absolute atomic E-state index is 8.72. The second-order valence-corrected chi connectivity index (χ2v) is 4.24. The molecule has 2 unspecified atom stereocenters. The molecule has 1 saturated carbocycles. The zero-order valence-corrected chi connectivity index (χ0v) is 8.76. The minimum absolute atomic E-state index is 0.439. The number of rotatable bonds is 2. The van der Waals surface area contributed by atoms with E-state index in [1.165, 1.54) is 12.8 Å². The average molecular weight is 204 g/mol. The van der Waals surface area contributed by atoms with Gasteiger partial charge in [-0.3, -0.25) is 4.68 Å². The standard InChI is InChI=1S/C11H16N4/c12-5-9-2-1-3-11(4-9)15-8-10(6-13)7-14-15/h7-9,11H,1-5,12H2. The molecule has 1 aliphatic rings. The second-order valence-electron chi connectivity index (χ2n) is 4.24. The normalized spacial score (nSPS) is 26.1. The highest BCUT2D eigenvalue weighted by atomic mass is 15.3. The van der Waals surface area contributed by atoms with E-state index in [4.69, 9.17) is 11.0 Å². The highest BCUT2D eigenvalue weighted by Gasteiger charge is 2.22. The summed E-state index contributed by atoms with van der Waals surface area (Å²) in [5.41, 5.74) is 6.34. The summed E-state index contributed by atoms with van der Waals surface area (Å²) in [6.45, 7) is 0.767. The summed E-state index contributed by atoms with van der Waals surface area (Å²) in [7, 11) is 0. The molecule has 0 bridgehead atoms. The van der Waals surface area contributed by atoms with Crippen LogP contribution < -0.4 is 5.73 Å². The highest BCUT2D eigenvalue weighted by Crippen LogP contribution is 2.31. The molecular formula is C11H16N4. The molecule has 0 amide bonds. The fourth-order valence-electron chi connectivity index (χ4n) is 2.31. The SMILES string of the molecule is N#Cc1cnn(C2CCCC(CN)C2)c1. The van der Waals surface area contributed by atoms with Crippen molar-refractivity contribution in [1.82, 2.24) is 9.78 Å². The number of nitriles is 1. The molecule has 0 spiro atoms. The van der Waals surface area contributed by atoms with Gasteiger partial charge in [-0.05, 0) is 31.7 Å². The maximum Gasteiger partial charge on any atom is 0.102 e. The first-order chi connectivity index (χ1) is 7.33. The second kappa shape index (κ2) is 4.45. The molecule has 0 radical (unpaired) electrons. The lowest BCUT2D eigenvalue weighted by Gasteiger charge is -2.28. The molecule has 2 atom stereocenters. The van der Waals surface area contributed by atoms with E-state index in [-0.39, 0.29) is 0 Å². The van der Waals surface area contributed by atoms with Crippen LogP contribution in [0.1, 0.15) is 37.3 Å². The molecule has 1 aromatic heterocycles. The van der Waals surface area contributed by atoms with Gasteiger partial charge in [0.1, 0.15) is 6.07 Å². The van der Waals surface area contributed by atoms with Crippen molar-refractivity contribution >= 4 is 0 Å². The van der Waals surface area contributed by atoms with Gasteiger partial charge in [0.05, 0.1) is 17.8 Å². The Kier molecular flexibility index (Phi) is 3.02. The first-order valence-electron chi connectivity index (χ1n) is 5.48. The largest absolute Gasteiger partial charge is 0.330 e. The van der Waals surface area contributed by atoms with Gasteiger partial charge >= 0.3 is 0 Å². The zero-order chi connectivity index (χ0) is 10.7. The molecule has 4 heteroatoms. The summed E-state index contributed by atoms with van der Waals surface area (Å²) >= 11 is 0. The van der Waals surface area contributed by atoms with Crippen molar-refractivity contribution in [3.63, 3.8) is 0 Å². The summed E-state index contributed by atoms with van der Waals surface area (Å²) in [5.74, 6) is 0.624. The topological polar surface area (TPSA) is 67.6 Å². The Labute approximate surface area is 89.7 Å². The van der Waals surface area contributed by atoms with E-state index in [0.29, 0.717) is 17.5 Å². The van der Waals surface area contributed by atoms with E-state index in [0.717, 1.165) is 19.4 Å². The predicted molar refractivity (Wildman–Crippen MR) is 57.0 cm³/mol. The lowest BCUT2D eigenvalue weighted by atomic mass is 9.86. The molecule has 2 rings (SSSR count). The molecule has 0 aromatic carbocycles. The molecule has 1 aliphatic carbocycles. The van der Waals surface area contributed by atoms with Crippen molar-refractivity contribution in [1.29, 1.82) is 5.26 Å². The molecule has 0 aliphatic heterocycles. The maximum atomic E-state index is 8.72. The van der Waals surface area contributed by atoms with Crippen LogP contribution in [0.15, 0.2) is 12.4 Å². The fourth-order valence-corrected chi connectivity index (χ4v) is 2.31. The third kappa shape index (κ3) is 2.18. The van der Waals surface area contributed by atoms with Gasteiger partial charge < -0.3 is 5.73 Å². The predicted octanol–water partition coefficient (Wildman–Crippen LogP) is 1.44. The zero-order valence-electron chi connectivity index (χ0n) is 8.76. The van der Waals surface area contributed by atoms with Crippen LogP contribution in [0, 0.1) is 17.2 Å². The van der Waals surface area contributed by atoms with Gasteiger partial charge in [0, 0.05) is 6.20 Å². The van der Waals surface area contributed by atoms with Crippen LogP contribution in [0.2, 0.25) is 0 Å². The number of nitrogens with zero attached hydrogens (tertiary/aromatic N) is 3. The fraction of sp³-hybridized carbons (Fsp3) is 0.636. The van der Waals surface area contributed by atoms with E-state index < -0.39 is 0 Å². The van der Waals surface area contributed by atoms with Gasteiger partial charge in [0.25, 0.3) is 0 Å². The van der Waals surface area contributed by atoms with Crippen molar-refractivity contribution in [2.75, 3.05) is 6.54 Å². The third-order valence-corrected chi connectivity index (χ3v) is 3.19. The van der Waals surface area contributed by atoms with Gasteiger partial charge in [-0.15, -0.1) is 0 Å². The van der Waals surface area contributed by atoms with Gasteiger partial charge in [-0.1, -0.05) is 6.42 Å². The quantitative estimate of drug-likeness (QED) is 0.792. The lowest BCUT2D eigenvalue weighted by molar-refractivity contribution is 0.257. The van der Waals surface area contributed by atoms with Crippen LogP contribution in [0.25, 0.3) is 0 Å². The van der Waals surface area contributed by atoms with Crippen molar-refractivity contribution in [3.05, 3.63) is 18.0 Å². The molecule has 15 heavy (non-hydrogen) atoms. The molecule has 2 N–H and O–H groups in total. The van der Waals surface area contributed by atoms with Gasteiger partial charge in [-0.25, -0.2) is 0 Å². The van der Waals surface area contributed by atoms with Crippen LogP contribution in [0.5, 0.6) is 0 Å². The molecule has 80 valence electrons. The third-order valence-electron chi connectivity index (χ3n) is 3.19. The number of hydrogen-bond acceptors (Lipinski definition) is 3. The van der Waals surface area contributed by atoms with E-state index in [1.54, 1.807) is 6.20 Å². The van der Waals surface area contributed by atoms with Crippen LogP contribution in [0.3, 0.4) is 0 Å². The minimum Gasteiger partial charge on any atom is -0.330 e. The summed E-state index contributed by atoms with van der Waals surface area (Å²) < 4.78 is 1.93. The summed E-state index contributed by atoms with van der Waals surface area (Å²) in [5, 5.41) is 13.0. The Morgan fingerprint density at radius 1 is 1.60 bits per heavy atom. The molecule has 4 nitrogen and oxygen atoms in total. The van der Waals surface area contributed by atoms with Crippen molar-refractivity contribution < 1.29 is 0 Å². The van der Waals surface area contributed by atoms with Crippen molar-refractivity contribution in [3.8, 4) is 6.07 Å². The van der Waals surface area contributed by atoms with E-state index in [1.807, 2.05) is 10.9 Å². The first kappa shape index (κ1) is 10.2. The van der Waals surface area contributed by atoms with E-state index in [2.05, 4.69) is 11.2 Å². The molecular weight excluding hydrogens is 188 g/mol. The van der Waals surface area contributed by atoms with E-state index >= 15 is 0 Å². The summed E-state index contributed by atoms with van der Waals surface area (Å²) in [4.78, 5) is 0. The summed E-state index contributed by atoms with van der Waals surface area (Å²) in [6, 6.07) is 2.54. The van der Waals surface area contributed by atoms with Gasteiger partial charge in [0.15, 0.2) is 0 Å². The summed E-state index contributed by atoms with van der Waals surface area (Å²) in [6.07, 6.45) is 8.18. The Morgan fingerprint density at radius 3 is 3.13 bits per heavy atom. The average Bonchev–Trinajstić information content (AvgIpc) is 2.78. The van der Waals surface area contributed by atoms with Crippen molar-refractivity contribution in [2.45, 2.75) is 31.7 Å². The van der Waals surface area contributed by atoms with Crippen LogP contribution in [0.4, 0.5) is 0 Å². The van der Waals surface area contributed by atoms with E-state index in [9.17, 15) is 0 Å². The monoisotopic (exact) mass is 204 g/mol. The smallest absolute Gasteiger partial charge is 0.102 e. The Bertz CT molecular complexity index is 363. The Balaban J connectivity index is 2.07. The number of hydrogen-bond donors (Lipinski definition) is 1. The van der Waals surface area contributed by atoms with Crippen LogP contribution in [-0.4, -0.2) is 16.3 Å². The Hall–Kier alpha value is -1.34. The molecule has 1 aromatic rings. The molecule has 1 heterocycles. The van der Waals surface area contributed by atoms with Gasteiger partial charge in [-0.2, -0.15) is 10.4 Å². The first-order valence-corrected chi connectivity index (χ1v) is 5.48. The van der Waals surface area contributed by atoms with Crippen LogP contribution >= 0.6 is 0 Å². The lowest BCUT2D eigenvalue weighted by Crippen LogP contribution is -2.24. The van der Waals surface area contributed by atoms with Crippen molar-refractivity contribution in [2.24, 2.45) is 11.7 Å².